The second-order valence-corrected chi connectivity index (χ2v) is 7.06. The Labute approximate surface area is 145 Å². The van der Waals surface area contributed by atoms with Crippen LogP contribution in [0.5, 0.6) is 0 Å². The zero-order chi connectivity index (χ0) is 17.4. The Bertz CT molecular complexity index is 730. The van der Waals surface area contributed by atoms with Crippen molar-refractivity contribution in [2.24, 2.45) is 0 Å². The molecular weight excluding hydrogens is 324 g/mol. The third kappa shape index (κ3) is 3.58. The van der Waals surface area contributed by atoms with E-state index in [-0.39, 0.29) is 41.1 Å². The molecule has 3 aliphatic rings. The monoisotopic (exact) mass is 346 g/mol. The molecule has 2 amide bonds. The highest BCUT2D eigenvalue weighted by Gasteiger charge is 2.35. The maximum Gasteiger partial charge on any atom is 0.272 e. The number of amides is 2. The number of ether oxygens (including phenoxy) is 1. The summed E-state index contributed by atoms with van der Waals surface area (Å²) in [5.41, 5.74) is -0.105. The maximum atomic E-state index is 12.5. The molecule has 8 heteroatoms. The molecule has 3 heterocycles. The van der Waals surface area contributed by atoms with E-state index in [1.165, 1.54) is 6.07 Å². The number of carbonyl (C=O) groups is 2. The van der Waals surface area contributed by atoms with Crippen LogP contribution in [0.2, 0.25) is 0 Å². The normalized spacial score (nSPS) is 23.8. The fraction of sp³-hybridized carbons (Fsp3) is 0.647. The van der Waals surface area contributed by atoms with Crippen LogP contribution in [-0.2, 0) is 9.53 Å². The summed E-state index contributed by atoms with van der Waals surface area (Å²) >= 11 is 0. The minimum Gasteiger partial charge on any atom is -0.368 e. The van der Waals surface area contributed by atoms with E-state index in [1.54, 1.807) is 4.90 Å². The number of aromatic nitrogens is 2. The van der Waals surface area contributed by atoms with E-state index in [0.29, 0.717) is 25.5 Å². The number of aromatic amines is 1. The van der Waals surface area contributed by atoms with E-state index in [2.05, 4.69) is 15.3 Å². The second kappa shape index (κ2) is 6.59. The molecule has 1 aliphatic carbocycles. The van der Waals surface area contributed by atoms with E-state index in [0.717, 1.165) is 32.1 Å². The Balaban J connectivity index is 1.32. The van der Waals surface area contributed by atoms with E-state index in [9.17, 15) is 14.4 Å². The van der Waals surface area contributed by atoms with Crippen LogP contribution in [0.1, 0.15) is 54.3 Å². The van der Waals surface area contributed by atoms with Gasteiger partial charge in [0.1, 0.15) is 17.6 Å². The lowest BCUT2D eigenvalue weighted by Crippen LogP contribution is -2.62. The quantitative estimate of drug-likeness (QED) is 0.808. The third-order valence-corrected chi connectivity index (χ3v) is 4.93. The van der Waals surface area contributed by atoms with Gasteiger partial charge < -0.3 is 19.9 Å². The lowest BCUT2D eigenvalue weighted by Gasteiger charge is -2.40. The van der Waals surface area contributed by atoms with Crippen molar-refractivity contribution in [1.82, 2.24) is 20.2 Å². The smallest absolute Gasteiger partial charge is 0.272 e. The van der Waals surface area contributed by atoms with Gasteiger partial charge in [-0.25, -0.2) is 4.98 Å². The minimum absolute atomic E-state index is 0.0631. The van der Waals surface area contributed by atoms with Gasteiger partial charge >= 0.3 is 0 Å². The van der Waals surface area contributed by atoms with Gasteiger partial charge in [-0.2, -0.15) is 0 Å². The molecule has 8 nitrogen and oxygen atoms in total. The van der Waals surface area contributed by atoms with Crippen molar-refractivity contribution < 1.29 is 14.3 Å². The molecule has 0 aromatic carbocycles. The second-order valence-electron chi connectivity index (χ2n) is 7.06. The zero-order valence-corrected chi connectivity index (χ0v) is 14.0. The number of rotatable bonds is 4. The molecule has 25 heavy (non-hydrogen) atoms. The number of likely N-dealkylation sites (tertiary alicyclic amines) is 1. The highest BCUT2D eigenvalue weighted by Crippen LogP contribution is 2.37. The van der Waals surface area contributed by atoms with E-state index in [1.807, 2.05) is 0 Å². The Morgan fingerprint density at radius 3 is 2.72 bits per heavy atom. The standard InChI is InChI=1S/C17H22N4O4/c22-14-7-12(19-15(20-14)10-4-5-10)17(24)21-8-11(9-21)18-16(23)13-3-1-2-6-25-13/h7,10-11,13H,1-6,8-9H2,(H,18,23)(H,19,20,22). The zero-order valence-electron chi connectivity index (χ0n) is 14.0. The van der Waals surface area contributed by atoms with Crippen LogP contribution in [0.15, 0.2) is 10.9 Å². The van der Waals surface area contributed by atoms with Gasteiger partial charge in [-0.3, -0.25) is 14.4 Å². The van der Waals surface area contributed by atoms with Gasteiger partial charge in [0.15, 0.2) is 0 Å². The molecule has 2 aliphatic heterocycles. The first-order valence-electron chi connectivity index (χ1n) is 8.92. The van der Waals surface area contributed by atoms with Crippen LogP contribution in [0, 0.1) is 0 Å². The molecule has 0 spiro atoms. The van der Waals surface area contributed by atoms with Crippen molar-refractivity contribution >= 4 is 11.8 Å². The lowest BCUT2D eigenvalue weighted by atomic mass is 10.1. The summed E-state index contributed by atoms with van der Waals surface area (Å²) in [6.45, 7) is 1.50. The van der Waals surface area contributed by atoms with Crippen molar-refractivity contribution in [2.45, 2.75) is 50.2 Å². The predicted molar refractivity (Wildman–Crippen MR) is 88.3 cm³/mol. The highest BCUT2D eigenvalue weighted by atomic mass is 16.5. The van der Waals surface area contributed by atoms with Crippen LogP contribution in [-0.4, -0.2) is 58.5 Å². The van der Waals surface area contributed by atoms with Gasteiger partial charge in [-0.1, -0.05) is 0 Å². The van der Waals surface area contributed by atoms with Gasteiger partial charge in [0.25, 0.3) is 11.5 Å². The van der Waals surface area contributed by atoms with E-state index >= 15 is 0 Å². The van der Waals surface area contributed by atoms with Crippen molar-refractivity contribution in [3.8, 4) is 0 Å². The number of hydrogen-bond acceptors (Lipinski definition) is 5. The summed E-state index contributed by atoms with van der Waals surface area (Å²) in [6.07, 6.45) is 4.39. The Morgan fingerprint density at radius 2 is 2.04 bits per heavy atom. The number of H-pyrrole nitrogens is 1. The van der Waals surface area contributed by atoms with Gasteiger partial charge in [0.05, 0.1) is 6.04 Å². The minimum atomic E-state index is -0.367. The van der Waals surface area contributed by atoms with Crippen LogP contribution in [0.25, 0.3) is 0 Å². The van der Waals surface area contributed by atoms with Crippen molar-refractivity contribution in [3.05, 3.63) is 27.9 Å². The fourth-order valence-electron chi connectivity index (χ4n) is 3.28. The average Bonchev–Trinajstić information content (AvgIpc) is 3.42. The Morgan fingerprint density at radius 1 is 1.24 bits per heavy atom. The van der Waals surface area contributed by atoms with Gasteiger partial charge in [0, 0.05) is 31.7 Å². The van der Waals surface area contributed by atoms with Gasteiger partial charge in [-0.15, -0.1) is 0 Å². The first kappa shape index (κ1) is 16.3. The molecule has 1 saturated carbocycles. The molecule has 4 rings (SSSR count). The number of nitrogens with one attached hydrogen (secondary N) is 2. The summed E-state index contributed by atoms with van der Waals surface area (Å²) in [7, 11) is 0. The Kier molecular flexibility index (Phi) is 4.29. The van der Waals surface area contributed by atoms with Crippen molar-refractivity contribution in [2.75, 3.05) is 19.7 Å². The Hall–Kier alpha value is -2.22. The maximum absolute atomic E-state index is 12.5. The molecule has 134 valence electrons. The summed E-state index contributed by atoms with van der Waals surface area (Å²) in [4.78, 5) is 44.9. The van der Waals surface area contributed by atoms with E-state index < -0.39 is 0 Å². The topological polar surface area (TPSA) is 104 Å². The number of hydrogen-bond donors (Lipinski definition) is 2. The molecule has 0 bridgehead atoms. The first-order valence-corrected chi connectivity index (χ1v) is 8.92. The SMILES string of the molecule is O=C(NC1CN(C(=O)c2cc(=O)[nH]c(C3CC3)n2)C1)C1CCCCO1. The van der Waals surface area contributed by atoms with Crippen LogP contribution < -0.4 is 10.9 Å². The molecule has 1 atom stereocenters. The summed E-state index contributed by atoms with van der Waals surface area (Å²) in [5, 5.41) is 2.93. The van der Waals surface area contributed by atoms with Crippen LogP contribution in [0.4, 0.5) is 0 Å². The third-order valence-electron chi connectivity index (χ3n) is 4.93. The molecule has 1 aromatic rings. The molecule has 1 aromatic heterocycles. The summed E-state index contributed by atoms with van der Waals surface area (Å²) in [5.74, 6) is 0.532. The van der Waals surface area contributed by atoms with Crippen molar-refractivity contribution in [1.29, 1.82) is 0 Å². The molecular formula is C17H22N4O4. The molecule has 3 fully saturated rings. The number of nitrogens with zero attached hydrogens (tertiary/aromatic N) is 2. The highest BCUT2D eigenvalue weighted by molar-refractivity contribution is 5.93. The van der Waals surface area contributed by atoms with Crippen LogP contribution >= 0.6 is 0 Å². The predicted octanol–water partition coefficient (Wildman–Crippen LogP) is 0.157. The summed E-state index contributed by atoms with van der Waals surface area (Å²) < 4.78 is 5.47. The molecule has 1 unspecified atom stereocenters. The van der Waals surface area contributed by atoms with Crippen LogP contribution in [0.3, 0.4) is 0 Å². The lowest BCUT2D eigenvalue weighted by molar-refractivity contribution is -0.137. The molecule has 0 radical (unpaired) electrons. The first-order chi connectivity index (χ1) is 12.1. The largest absolute Gasteiger partial charge is 0.368 e. The van der Waals surface area contributed by atoms with Gasteiger partial charge in [0.2, 0.25) is 5.91 Å². The molecule has 2 N–H and O–H groups in total. The fourth-order valence-corrected chi connectivity index (χ4v) is 3.28. The van der Waals surface area contributed by atoms with Gasteiger partial charge in [-0.05, 0) is 32.1 Å². The molecule has 2 saturated heterocycles. The summed E-state index contributed by atoms with van der Waals surface area (Å²) in [6, 6.07) is 1.18. The van der Waals surface area contributed by atoms with Crippen molar-refractivity contribution in [3.63, 3.8) is 0 Å². The average molecular weight is 346 g/mol. The number of carbonyl (C=O) groups excluding carboxylic acids is 2. The van der Waals surface area contributed by atoms with E-state index in [4.69, 9.17) is 4.74 Å².